The van der Waals surface area contributed by atoms with E-state index in [4.69, 9.17) is 11.6 Å². The summed E-state index contributed by atoms with van der Waals surface area (Å²) >= 11 is 7.13. The maximum absolute atomic E-state index is 13.9. The van der Waals surface area contributed by atoms with Crippen LogP contribution in [-0.2, 0) is 19.1 Å². The SMILES string of the molecule is CN(CCCn1cccn1)c1nc(O)c(C(Cc2ccc(Cl)cc2C(F)(F)F)=c2ccc3c(c2)C=NN=3)s1. The van der Waals surface area contributed by atoms with Gasteiger partial charge >= 0.3 is 6.18 Å². The van der Waals surface area contributed by atoms with Crippen molar-refractivity contribution in [3.05, 3.63) is 92.0 Å². The molecule has 0 spiro atoms. The molecule has 0 aliphatic carbocycles. The first-order valence-corrected chi connectivity index (χ1v) is 12.9. The molecule has 0 bridgehead atoms. The lowest BCUT2D eigenvalue weighted by molar-refractivity contribution is -0.138. The van der Waals surface area contributed by atoms with Gasteiger partial charge in [-0.05, 0) is 53.1 Å². The van der Waals surface area contributed by atoms with Crippen molar-refractivity contribution in [1.29, 1.82) is 0 Å². The van der Waals surface area contributed by atoms with Crippen LogP contribution in [0.15, 0.2) is 65.1 Å². The molecule has 3 heterocycles. The molecule has 7 nitrogen and oxygen atoms in total. The van der Waals surface area contributed by atoms with Crippen LogP contribution in [0.25, 0.3) is 5.57 Å². The van der Waals surface area contributed by atoms with Gasteiger partial charge in [-0.1, -0.05) is 35.1 Å². The standard InChI is InChI=1S/C26H22ClF3N6OS/c1-35(9-3-11-36-10-2-8-32-36)25-33-24(37)23(38-25)20(16-5-7-22-18(12-16)15-31-34-22)13-17-4-6-19(27)14-21(17)26(28,29)30/h2,4-8,10,12,14-15,37H,3,9,11,13H2,1H3. The Kier molecular flexibility index (Phi) is 7.22. The van der Waals surface area contributed by atoms with Crippen LogP contribution in [0.4, 0.5) is 18.3 Å². The molecule has 0 saturated heterocycles. The van der Waals surface area contributed by atoms with Gasteiger partial charge in [0.15, 0.2) is 5.13 Å². The Bertz CT molecular complexity index is 1610. The predicted octanol–water partition coefficient (Wildman–Crippen LogP) is 4.65. The fraction of sp³-hybridized carbons (Fsp3) is 0.231. The average molecular weight is 559 g/mol. The van der Waals surface area contributed by atoms with Crippen LogP contribution in [-0.4, -0.2) is 39.7 Å². The van der Waals surface area contributed by atoms with Gasteiger partial charge < -0.3 is 10.0 Å². The average Bonchev–Trinajstić information content (AvgIpc) is 3.63. The van der Waals surface area contributed by atoms with Gasteiger partial charge in [0.1, 0.15) is 0 Å². The molecule has 196 valence electrons. The molecule has 0 saturated carbocycles. The Morgan fingerprint density at radius 3 is 2.79 bits per heavy atom. The maximum Gasteiger partial charge on any atom is 0.416 e. The highest BCUT2D eigenvalue weighted by Gasteiger charge is 2.34. The largest absolute Gasteiger partial charge is 0.492 e. The van der Waals surface area contributed by atoms with Crippen LogP contribution in [0.5, 0.6) is 5.88 Å². The summed E-state index contributed by atoms with van der Waals surface area (Å²) in [5.74, 6) is -0.236. The third-order valence-electron chi connectivity index (χ3n) is 6.12. The lowest BCUT2D eigenvalue weighted by atomic mass is 9.96. The number of anilines is 1. The molecule has 0 amide bonds. The van der Waals surface area contributed by atoms with Gasteiger partial charge in [-0.15, -0.1) is 0 Å². The number of hydrogen-bond donors (Lipinski definition) is 1. The van der Waals surface area contributed by atoms with Crippen molar-refractivity contribution in [3.63, 3.8) is 0 Å². The van der Waals surface area contributed by atoms with Crippen molar-refractivity contribution in [2.24, 2.45) is 10.2 Å². The van der Waals surface area contributed by atoms with Gasteiger partial charge in [-0.3, -0.25) is 4.68 Å². The summed E-state index contributed by atoms with van der Waals surface area (Å²) in [6.07, 6.45) is 1.29. The normalized spacial score (nSPS) is 13.4. The Morgan fingerprint density at radius 2 is 2.03 bits per heavy atom. The Hall–Kier alpha value is -3.70. The Balaban J connectivity index is 1.54. The van der Waals surface area contributed by atoms with E-state index in [1.165, 1.54) is 23.5 Å². The van der Waals surface area contributed by atoms with Crippen molar-refractivity contribution in [2.75, 3.05) is 18.5 Å². The Labute approximate surface area is 224 Å². The van der Waals surface area contributed by atoms with Crippen molar-refractivity contribution < 1.29 is 18.3 Å². The summed E-state index contributed by atoms with van der Waals surface area (Å²) in [7, 11) is 1.86. The molecular formula is C26H22ClF3N6OS. The molecule has 0 atom stereocenters. The van der Waals surface area contributed by atoms with Gasteiger partial charge in [0.05, 0.1) is 22.0 Å². The number of thiazole rings is 1. The van der Waals surface area contributed by atoms with E-state index in [-0.39, 0.29) is 22.9 Å². The molecule has 1 aliphatic rings. The van der Waals surface area contributed by atoms with Crippen LogP contribution >= 0.6 is 22.9 Å². The minimum absolute atomic E-state index is 0.00219. The van der Waals surface area contributed by atoms with Crippen molar-refractivity contribution in [2.45, 2.75) is 25.6 Å². The van der Waals surface area contributed by atoms with Crippen LogP contribution in [0.2, 0.25) is 5.02 Å². The minimum Gasteiger partial charge on any atom is -0.492 e. The number of fused-ring (bicyclic) bond motifs is 1. The van der Waals surface area contributed by atoms with Gasteiger partial charge in [0.25, 0.3) is 0 Å². The van der Waals surface area contributed by atoms with Gasteiger partial charge in [-0.2, -0.15) is 33.5 Å². The number of aromatic nitrogens is 3. The highest BCUT2D eigenvalue weighted by atomic mass is 35.5. The second kappa shape index (κ2) is 10.6. The monoisotopic (exact) mass is 558 g/mol. The van der Waals surface area contributed by atoms with E-state index >= 15 is 0 Å². The minimum atomic E-state index is -4.59. The first-order valence-electron chi connectivity index (χ1n) is 11.7. The lowest BCUT2D eigenvalue weighted by Crippen LogP contribution is -2.19. The first kappa shape index (κ1) is 25.9. The maximum atomic E-state index is 13.9. The topological polar surface area (TPSA) is 78.9 Å². The highest BCUT2D eigenvalue weighted by Crippen LogP contribution is 2.39. The third-order valence-corrected chi connectivity index (χ3v) is 7.58. The van der Waals surface area contributed by atoms with E-state index in [0.29, 0.717) is 32.7 Å². The molecule has 12 heteroatoms. The van der Waals surface area contributed by atoms with E-state index in [1.807, 2.05) is 28.9 Å². The molecule has 0 radical (unpaired) electrons. The van der Waals surface area contributed by atoms with Crippen molar-refractivity contribution in [3.8, 4) is 5.88 Å². The summed E-state index contributed by atoms with van der Waals surface area (Å²) in [5, 5.41) is 24.9. The molecule has 2 aromatic heterocycles. The van der Waals surface area contributed by atoms with Gasteiger partial charge in [-0.25, -0.2) is 0 Å². The third kappa shape index (κ3) is 5.58. The number of rotatable bonds is 8. The van der Waals surface area contributed by atoms with Crippen LogP contribution in [0, 0.1) is 0 Å². The highest BCUT2D eigenvalue weighted by molar-refractivity contribution is 7.17. The molecule has 2 aromatic carbocycles. The van der Waals surface area contributed by atoms with Crippen LogP contribution in [0.3, 0.4) is 0 Å². The van der Waals surface area contributed by atoms with Crippen LogP contribution in [0.1, 0.15) is 28.0 Å². The second-order valence-corrected chi connectivity index (χ2v) is 10.2. The molecule has 0 unspecified atom stereocenters. The van der Waals surface area contributed by atoms with E-state index in [2.05, 4.69) is 20.3 Å². The number of alkyl halides is 3. The fourth-order valence-corrected chi connectivity index (χ4v) is 5.40. The van der Waals surface area contributed by atoms with Crippen LogP contribution < -0.4 is 15.5 Å². The van der Waals surface area contributed by atoms with Crippen molar-refractivity contribution in [1.82, 2.24) is 14.8 Å². The summed E-state index contributed by atoms with van der Waals surface area (Å²) in [6.45, 7) is 1.37. The zero-order valence-corrected chi connectivity index (χ0v) is 21.7. The van der Waals surface area contributed by atoms with Crippen molar-refractivity contribution >= 4 is 39.9 Å². The number of nitrogens with zero attached hydrogens (tertiary/aromatic N) is 6. The summed E-state index contributed by atoms with van der Waals surface area (Å²) in [4.78, 5) is 6.65. The Morgan fingerprint density at radius 1 is 1.18 bits per heavy atom. The molecule has 5 rings (SSSR count). The molecule has 38 heavy (non-hydrogen) atoms. The number of benzene rings is 2. The quantitative estimate of drug-likeness (QED) is 0.341. The zero-order valence-electron chi connectivity index (χ0n) is 20.2. The smallest absolute Gasteiger partial charge is 0.416 e. The zero-order chi connectivity index (χ0) is 26.9. The van der Waals surface area contributed by atoms with E-state index < -0.39 is 11.7 Å². The van der Waals surface area contributed by atoms with Gasteiger partial charge in [0.2, 0.25) is 5.88 Å². The molecular weight excluding hydrogens is 537 g/mol. The molecule has 1 N–H and O–H groups in total. The van der Waals surface area contributed by atoms with E-state index in [0.717, 1.165) is 24.6 Å². The van der Waals surface area contributed by atoms with Gasteiger partial charge in [0, 0.05) is 49.5 Å². The molecule has 0 fully saturated rings. The lowest BCUT2D eigenvalue weighted by Gasteiger charge is -2.16. The summed E-state index contributed by atoms with van der Waals surface area (Å²) in [6, 6.07) is 10.9. The number of aryl methyl sites for hydroxylation is 1. The second-order valence-electron chi connectivity index (χ2n) is 8.77. The number of aromatic hydroxyl groups is 1. The van der Waals surface area contributed by atoms with E-state index in [1.54, 1.807) is 30.6 Å². The molecule has 4 aromatic rings. The number of halogens is 4. The molecule has 1 aliphatic heterocycles. The summed E-state index contributed by atoms with van der Waals surface area (Å²) < 4.78 is 43.5. The predicted molar refractivity (Wildman–Crippen MR) is 141 cm³/mol. The first-order chi connectivity index (χ1) is 18.2. The summed E-state index contributed by atoms with van der Waals surface area (Å²) in [5.41, 5.74) is 0.470. The fourth-order valence-electron chi connectivity index (χ4n) is 4.22. The number of hydrogen-bond acceptors (Lipinski definition) is 7. The van der Waals surface area contributed by atoms with E-state index in [9.17, 15) is 18.3 Å².